The summed E-state index contributed by atoms with van der Waals surface area (Å²) >= 11 is 0. The Morgan fingerprint density at radius 3 is 2.36 bits per heavy atom. The second-order valence-corrected chi connectivity index (χ2v) is 2.49. The maximum Gasteiger partial charge on any atom is 0.151 e. The van der Waals surface area contributed by atoms with Crippen LogP contribution in [0.3, 0.4) is 0 Å². The van der Waals surface area contributed by atoms with Gasteiger partial charge in [0.05, 0.1) is 12.2 Å². The van der Waals surface area contributed by atoms with Crippen LogP contribution < -0.4 is 0 Å². The molecular formula is C7H14O4. The van der Waals surface area contributed by atoms with Crippen LogP contribution in [0, 0.1) is 0 Å². The average molecular weight is 162 g/mol. The molecule has 0 aliphatic rings. The molecule has 0 saturated carbocycles. The van der Waals surface area contributed by atoms with Gasteiger partial charge in [-0.15, -0.1) is 0 Å². The summed E-state index contributed by atoms with van der Waals surface area (Å²) < 4.78 is 4.77. The lowest BCUT2D eigenvalue weighted by Gasteiger charge is -2.18. The first-order valence-corrected chi connectivity index (χ1v) is 3.46. The highest BCUT2D eigenvalue weighted by Gasteiger charge is 2.19. The number of carbonyl (C=O) groups is 1. The Labute approximate surface area is 65.8 Å². The van der Waals surface area contributed by atoms with Crippen LogP contribution in [0.4, 0.5) is 0 Å². The van der Waals surface area contributed by atoms with Crippen LogP contribution in [0.25, 0.3) is 0 Å². The molecule has 0 aliphatic heterocycles. The summed E-state index contributed by atoms with van der Waals surface area (Å²) in [5.41, 5.74) is 0. The van der Waals surface area contributed by atoms with Crippen molar-refractivity contribution in [2.75, 3.05) is 7.11 Å². The zero-order valence-electron chi connectivity index (χ0n) is 6.73. The molecule has 0 saturated heterocycles. The first-order chi connectivity index (χ1) is 5.11. The lowest BCUT2D eigenvalue weighted by molar-refractivity contribution is -0.123. The number of carbonyl (C=O) groups excluding carboxylic acids is 1. The van der Waals surface area contributed by atoms with Gasteiger partial charge in [-0.2, -0.15) is 0 Å². The standard InChI is InChI=1S/C7H14O4/c1-5(9)3-7(11-2)6(10)4-8/h4-7,9-10H,3H2,1-2H3/t5-,6+,7+/m1/s1. The predicted octanol–water partition coefficient (Wildman–Crippen LogP) is -0.668. The molecule has 0 fully saturated rings. The predicted molar refractivity (Wildman–Crippen MR) is 39.2 cm³/mol. The largest absolute Gasteiger partial charge is 0.393 e. The van der Waals surface area contributed by atoms with Gasteiger partial charge < -0.3 is 19.7 Å². The number of aliphatic hydroxyl groups excluding tert-OH is 2. The van der Waals surface area contributed by atoms with Crippen LogP contribution in [-0.4, -0.2) is 41.9 Å². The summed E-state index contributed by atoms with van der Waals surface area (Å²) in [6.07, 6.45) is -1.66. The van der Waals surface area contributed by atoms with Gasteiger partial charge >= 0.3 is 0 Å². The van der Waals surface area contributed by atoms with Crippen molar-refractivity contribution in [3.8, 4) is 0 Å². The molecule has 0 aliphatic carbocycles. The van der Waals surface area contributed by atoms with E-state index in [0.717, 1.165) is 0 Å². The molecule has 0 aromatic heterocycles. The molecule has 0 aromatic carbocycles. The quantitative estimate of drug-likeness (QED) is 0.526. The fourth-order valence-electron chi connectivity index (χ4n) is 0.799. The Balaban J connectivity index is 3.83. The highest BCUT2D eigenvalue weighted by Crippen LogP contribution is 2.04. The van der Waals surface area contributed by atoms with Crippen molar-refractivity contribution in [3.05, 3.63) is 0 Å². The van der Waals surface area contributed by atoms with Crippen LogP contribution in [-0.2, 0) is 9.53 Å². The lowest BCUT2D eigenvalue weighted by atomic mass is 10.1. The van der Waals surface area contributed by atoms with Crippen LogP contribution >= 0.6 is 0 Å². The molecule has 11 heavy (non-hydrogen) atoms. The third-order valence-corrected chi connectivity index (χ3v) is 1.40. The Morgan fingerprint density at radius 1 is 1.55 bits per heavy atom. The van der Waals surface area contributed by atoms with Crippen molar-refractivity contribution in [1.82, 2.24) is 0 Å². The lowest BCUT2D eigenvalue weighted by Crippen LogP contribution is -2.32. The summed E-state index contributed by atoms with van der Waals surface area (Å²) in [6, 6.07) is 0. The van der Waals surface area contributed by atoms with Gasteiger partial charge in [0, 0.05) is 13.5 Å². The zero-order valence-corrected chi connectivity index (χ0v) is 6.73. The second-order valence-electron chi connectivity index (χ2n) is 2.49. The molecule has 0 bridgehead atoms. The van der Waals surface area contributed by atoms with Crippen molar-refractivity contribution in [2.45, 2.75) is 31.7 Å². The molecule has 0 rings (SSSR count). The van der Waals surface area contributed by atoms with E-state index < -0.39 is 18.3 Å². The summed E-state index contributed by atoms with van der Waals surface area (Å²) in [5, 5.41) is 17.9. The number of hydrogen-bond donors (Lipinski definition) is 2. The maximum atomic E-state index is 10.1. The molecule has 4 heteroatoms. The molecular weight excluding hydrogens is 148 g/mol. The number of aldehydes is 1. The smallest absolute Gasteiger partial charge is 0.151 e. The molecule has 66 valence electrons. The van der Waals surface area contributed by atoms with Gasteiger partial charge in [0.1, 0.15) is 6.10 Å². The Bertz CT molecular complexity index is 113. The van der Waals surface area contributed by atoms with Gasteiger partial charge in [0.25, 0.3) is 0 Å². The van der Waals surface area contributed by atoms with Crippen molar-refractivity contribution >= 4 is 6.29 Å². The maximum absolute atomic E-state index is 10.1. The van der Waals surface area contributed by atoms with E-state index in [4.69, 9.17) is 14.9 Å². The van der Waals surface area contributed by atoms with E-state index in [1.165, 1.54) is 7.11 Å². The minimum atomic E-state index is -1.14. The SMILES string of the molecule is CO[C@@H](C[C@@H](C)O)[C@@H](O)C=O. The monoisotopic (exact) mass is 162 g/mol. The number of aliphatic hydroxyl groups is 2. The minimum Gasteiger partial charge on any atom is -0.393 e. The van der Waals surface area contributed by atoms with Gasteiger partial charge in [-0.25, -0.2) is 0 Å². The van der Waals surface area contributed by atoms with E-state index in [1.807, 2.05) is 0 Å². The van der Waals surface area contributed by atoms with E-state index in [0.29, 0.717) is 6.29 Å². The number of methoxy groups -OCH3 is 1. The van der Waals surface area contributed by atoms with Crippen molar-refractivity contribution in [3.63, 3.8) is 0 Å². The van der Waals surface area contributed by atoms with Gasteiger partial charge in [-0.1, -0.05) is 0 Å². The summed E-state index contributed by atoms with van der Waals surface area (Å²) in [7, 11) is 1.39. The van der Waals surface area contributed by atoms with E-state index in [-0.39, 0.29) is 6.42 Å². The van der Waals surface area contributed by atoms with Crippen molar-refractivity contribution in [1.29, 1.82) is 0 Å². The molecule has 0 heterocycles. The minimum absolute atomic E-state index is 0.260. The summed E-state index contributed by atoms with van der Waals surface area (Å²) in [5.74, 6) is 0. The van der Waals surface area contributed by atoms with Crippen molar-refractivity contribution < 1.29 is 19.7 Å². The van der Waals surface area contributed by atoms with Crippen molar-refractivity contribution in [2.24, 2.45) is 0 Å². The topological polar surface area (TPSA) is 66.8 Å². The third kappa shape index (κ3) is 4.08. The summed E-state index contributed by atoms with van der Waals surface area (Å²) in [4.78, 5) is 10.1. The van der Waals surface area contributed by atoms with E-state index in [1.54, 1.807) is 6.92 Å². The zero-order chi connectivity index (χ0) is 8.85. The average Bonchev–Trinajstić information content (AvgIpc) is 1.98. The second kappa shape index (κ2) is 5.23. The van der Waals surface area contributed by atoms with Crippen LogP contribution in [0.15, 0.2) is 0 Å². The van der Waals surface area contributed by atoms with E-state index in [9.17, 15) is 4.79 Å². The van der Waals surface area contributed by atoms with Gasteiger partial charge in [0.15, 0.2) is 6.29 Å². The number of hydrogen-bond acceptors (Lipinski definition) is 4. The van der Waals surface area contributed by atoms with Crippen LogP contribution in [0.5, 0.6) is 0 Å². The fourth-order valence-corrected chi connectivity index (χ4v) is 0.799. The highest BCUT2D eigenvalue weighted by molar-refractivity contribution is 5.56. The number of rotatable bonds is 5. The van der Waals surface area contributed by atoms with Crippen LogP contribution in [0.2, 0.25) is 0 Å². The van der Waals surface area contributed by atoms with Gasteiger partial charge in [-0.3, -0.25) is 0 Å². The highest BCUT2D eigenvalue weighted by atomic mass is 16.5. The van der Waals surface area contributed by atoms with Crippen LogP contribution in [0.1, 0.15) is 13.3 Å². The van der Waals surface area contributed by atoms with Gasteiger partial charge in [-0.05, 0) is 6.92 Å². The Morgan fingerprint density at radius 2 is 2.09 bits per heavy atom. The first kappa shape index (κ1) is 10.6. The first-order valence-electron chi connectivity index (χ1n) is 3.46. The van der Waals surface area contributed by atoms with E-state index in [2.05, 4.69) is 0 Å². The molecule has 2 N–H and O–H groups in total. The molecule has 0 aromatic rings. The molecule has 0 spiro atoms. The molecule has 0 radical (unpaired) electrons. The van der Waals surface area contributed by atoms with Gasteiger partial charge in [0.2, 0.25) is 0 Å². The molecule has 4 nitrogen and oxygen atoms in total. The Hall–Kier alpha value is -0.450. The number of ether oxygens (including phenoxy) is 1. The fraction of sp³-hybridized carbons (Fsp3) is 0.857. The molecule has 0 amide bonds. The normalized spacial score (nSPS) is 18.9. The van der Waals surface area contributed by atoms with E-state index >= 15 is 0 Å². The summed E-state index contributed by atoms with van der Waals surface area (Å²) in [6.45, 7) is 1.57. The molecule has 0 unspecified atom stereocenters. The Kier molecular flexibility index (Phi) is 5.02. The third-order valence-electron chi connectivity index (χ3n) is 1.40. The molecule has 3 atom stereocenters.